The summed E-state index contributed by atoms with van der Waals surface area (Å²) in [6.07, 6.45) is 3.61. The summed E-state index contributed by atoms with van der Waals surface area (Å²) in [6, 6.07) is 57.7. The average Bonchev–Trinajstić information content (AvgIpc) is 3.11. The zero-order valence-corrected chi connectivity index (χ0v) is 30.3. The van der Waals surface area contributed by atoms with Gasteiger partial charge in [0.15, 0.2) is 0 Å². The fourth-order valence-electron chi connectivity index (χ4n) is 4.50. The number of hydrogen-bond donors (Lipinski definition) is 0. The number of pyridine rings is 3. The Hall–Kier alpha value is -4.37. The van der Waals surface area contributed by atoms with Gasteiger partial charge in [-0.15, -0.1) is 107 Å². The zero-order chi connectivity index (χ0) is 30.4. The van der Waals surface area contributed by atoms with Crippen molar-refractivity contribution in [3.8, 4) is 44.9 Å². The number of aromatic nitrogens is 3. The number of rotatable bonds is 4. The van der Waals surface area contributed by atoms with Gasteiger partial charge in [-0.2, -0.15) is 0 Å². The average molecular weight is 951 g/mol. The minimum atomic E-state index is 0. The first-order valence-corrected chi connectivity index (χ1v) is 14.5. The van der Waals surface area contributed by atoms with E-state index in [1.165, 1.54) is 16.7 Å². The SMILES string of the molecule is Cc1cccc(-c2[c-]cccc2)n1.Cc1cccnc1-c1[c-]cccc1.[Ir].[Ir].[c-]1ccc(-c2ccccc2)cc1-c1ccccn1. The maximum Gasteiger partial charge on any atom is 0.0266 e. The largest absolute Gasteiger partial charge is 0.305 e. The Labute approximate surface area is 299 Å². The molecule has 3 aromatic heterocycles. The molecule has 0 unspecified atom stereocenters. The maximum atomic E-state index is 4.41. The second-order valence-electron chi connectivity index (χ2n) is 9.96. The molecule has 7 rings (SSSR count). The van der Waals surface area contributed by atoms with Gasteiger partial charge in [-0.25, -0.2) is 0 Å². The molecule has 0 aliphatic rings. The van der Waals surface area contributed by atoms with E-state index in [0.717, 1.165) is 39.5 Å². The number of nitrogens with zero attached hydrogens (tertiary/aromatic N) is 3. The van der Waals surface area contributed by atoms with Gasteiger partial charge in [-0.3, -0.25) is 0 Å². The standard InChI is InChI=1S/C17H12N.2C12H10N.2Ir/c1-2-7-14(8-3-1)15-9-6-10-16(13-15)17-11-4-5-12-18-17;1-10-6-5-9-13-12(10)11-7-3-2-4-8-11;1-10-6-5-9-12(13-10)11-7-3-2-4-8-11;;/h1-9,11-13H;2*2-7,9H,1H3;;/q3*-1;;. The molecule has 3 heterocycles. The van der Waals surface area contributed by atoms with Crippen molar-refractivity contribution in [2.75, 3.05) is 0 Å². The Kier molecular flexibility index (Phi) is 15.1. The number of aryl methyl sites for hydroxylation is 2. The van der Waals surface area contributed by atoms with Crippen LogP contribution in [0.25, 0.3) is 44.9 Å². The predicted molar refractivity (Wildman–Crippen MR) is 180 cm³/mol. The molecule has 2 radical (unpaired) electrons. The van der Waals surface area contributed by atoms with E-state index in [0.29, 0.717) is 0 Å². The van der Waals surface area contributed by atoms with Gasteiger partial charge in [0.2, 0.25) is 0 Å². The van der Waals surface area contributed by atoms with Crippen molar-refractivity contribution in [3.63, 3.8) is 0 Å². The van der Waals surface area contributed by atoms with Crippen LogP contribution in [0.4, 0.5) is 0 Å². The molecule has 0 fully saturated rings. The zero-order valence-electron chi connectivity index (χ0n) is 25.5. The Morgan fingerprint density at radius 3 is 1.76 bits per heavy atom. The molecule has 0 aliphatic carbocycles. The fourth-order valence-corrected chi connectivity index (χ4v) is 4.50. The molecule has 0 N–H and O–H groups in total. The first-order valence-electron chi connectivity index (χ1n) is 14.5. The van der Waals surface area contributed by atoms with Gasteiger partial charge in [0, 0.05) is 58.3 Å². The minimum absolute atomic E-state index is 0. The molecule has 232 valence electrons. The van der Waals surface area contributed by atoms with Crippen molar-refractivity contribution >= 4 is 0 Å². The van der Waals surface area contributed by atoms with Gasteiger partial charge in [-0.1, -0.05) is 66.2 Å². The molecular formula is C41H32Ir2N3-3. The van der Waals surface area contributed by atoms with E-state index in [1.54, 1.807) is 6.20 Å². The van der Waals surface area contributed by atoms with Crippen molar-refractivity contribution in [1.82, 2.24) is 15.0 Å². The van der Waals surface area contributed by atoms with Gasteiger partial charge in [0.25, 0.3) is 0 Å². The summed E-state index contributed by atoms with van der Waals surface area (Å²) in [5, 5.41) is 0. The van der Waals surface area contributed by atoms with Crippen molar-refractivity contribution in [1.29, 1.82) is 0 Å². The normalized spacial score (nSPS) is 9.61. The summed E-state index contributed by atoms with van der Waals surface area (Å²) in [5.41, 5.74) is 10.7. The van der Waals surface area contributed by atoms with Crippen molar-refractivity contribution in [2.24, 2.45) is 0 Å². The summed E-state index contributed by atoms with van der Waals surface area (Å²) < 4.78 is 0. The van der Waals surface area contributed by atoms with E-state index >= 15 is 0 Å². The van der Waals surface area contributed by atoms with Crippen LogP contribution in [0.15, 0.2) is 158 Å². The third-order valence-corrected chi connectivity index (χ3v) is 6.70. The molecule has 0 amide bonds. The number of benzene rings is 4. The van der Waals surface area contributed by atoms with Crippen LogP contribution in [0.3, 0.4) is 0 Å². The molecule has 0 spiro atoms. The Morgan fingerprint density at radius 1 is 0.457 bits per heavy atom. The Morgan fingerprint density at radius 2 is 1.11 bits per heavy atom. The van der Waals surface area contributed by atoms with Gasteiger partial charge in [0.05, 0.1) is 0 Å². The van der Waals surface area contributed by atoms with Crippen molar-refractivity contribution in [2.45, 2.75) is 13.8 Å². The van der Waals surface area contributed by atoms with E-state index in [2.05, 4.69) is 70.4 Å². The molecule has 5 heteroatoms. The van der Waals surface area contributed by atoms with Gasteiger partial charge < -0.3 is 15.0 Å². The van der Waals surface area contributed by atoms with E-state index in [4.69, 9.17) is 0 Å². The quantitative estimate of drug-likeness (QED) is 0.165. The molecule has 7 aromatic rings. The van der Waals surface area contributed by atoms with E-state index in [1.807, 2.05) is 128 Å². The topological polar surface area (TPSA) is 38.7 Å². The van der Waals surface area contributed by atoms with Crippen molar-refractivity contribution < 1.29 is 40.2 Å². The molecule has 0 saturated heterocycles. The summed E-state index contributed by atoms with van der Waals surface area (Å²) in [4.78, 5) is 13.1. The van der Waals surface area contributed by atoms with Crippen LogP contribution in [-0.2, 0) is 40.2 Å². The molecule has 0 atom stereocenters. The first-order chi connectivity index (χ1) is 21.7. The van der Waals surface area contributed by atoms with Crippen LogP contribution in [0.2, 0.25) is 0 Å². The number of hydrogen-bond acceptors (Lipinski definition) is 3. The summed E-state index contributed by atoms with van der Waals surface area (Å²) in [7, 11) is 0. The van der Waals surface area contributed by atoms with E-state index < -0.39 is 0 Å². The van der Waals surface area contributed by atoms with Crippen LogP contribution < -0.4 is 0 Å². The third-order valence-electron chi connectivity index (χ3n) is 6.70. The van der Waals surface area contributed by atoms with E-state index in [-0.39, 0.29) is 40.2 Å². The molecule has 3 nitrogen and oxygen atoms in total. The van der Waals surface area contributed by atoms with Crippen LogP contribution >= 0.6 is 0 Å². The smallest absolute Gasteiger partial charge is 0.0266 e. The van der Waals surface area contributed by atoms with Crippen LogP contribution in [-0.4, -0.2) is 15.0 Å². The van der Waals surface area contributed by atoms with Gasteiger partial charge >= 0.3 is 0 Å². The van der Waals surface area contributed by atoms with E-state index in [9.17, 15) is 0 Å². The molecule has 46 heavy (non-hydrogen) atoms. The van der Waals surface area contributed by atoms with Crippen LogP contribution in [0.5, 0.6) is 0 Å². The monoisotopic (exact) mass is 952 g/mol. The molecular weight excluding hydrogens is 919 g/mol. The van der Waals surface area contributed by atoms with Crippen LogP contribution in [0.1, 0.15) is 11.3 Å². The second-order valence-corrected chi connectivity index (χ2v) is 9.96. The molecule has 0 aliphatic heterocycles. The molecule has 0 bridgehead atoms. The minimum Gasteiger partial charge on any atom is -0.305 e. The predicted octanol–water partition coefficient (Wildman–Crippen LogP) is 9.93. The van der Waals surface area contributed by atoms with Gasteiger partial charge in [0.1, 0.15) is 0 Å². The fraction of sp³-hybridized carbons (Fsp3) is 0.0488. The third kappa shape index (κ3) is 10.6. The summed E-state index contributed by atoms with van der Waals surface area (Å²) in [6.45, 7) is 4.05. The van der Waals surface area contributed by atoms with Crippen LogP contribution in [0, 0.1) is 32.0 Å². The van der Waals surface area contributed by atoms with Gasteiger partial charge in [-0.05, 0) is 54.7 Å². The molecule has 0 saturated carbocycles. The first kappa shape index (κ1) is 36.1. The Balaban J connectivity index is 0.000000188. The maximum absolute atomic E-state index is 4.41. The Bertz CT molecular complexity index is 1810. The summed E-state index contributed by atoms with van der Waals surface area (Å²) >= 11 is 0. The molecule has 4 aromatic carbocycles. The summed E-state index contributed by atoms with van der Waals surface area (Å²) in [5.74, 6) is 0. The van der Waals surface area contributed by atoms with Crippen molar-refractivity contribution in [3.05, 3.63) is 187 Å². The second kappa shape index (κ2) is 19.2.